The molecule has 78 valence electrons. The van der Waals surface area contributed by atoms with Crippen molar-refractivity contribution in [1.82, 2.24) is 20.2 Å². The van der Waals surface area contributed by atoms with E-state index in [0.717, 1.165) is 15.9 Å². The third kappa shape index (κ3) is 2.07. The normalized spacial score (nSPS) is 10.9. The largest absolute Gasteiger partial charge is 0.223 e. The minimum atomic E-state index is 0.258. The van der Waals surface area contributed by atoms with Crippen LogP contribution in [-0.2, 0) is 0 Å². The van der Waals surface area contributed by atoms with Gasteiger partial charge >= 0.3 is 0 Å². The van der Waals surface area contributed by atoms with Crippen LogP contribution in [0.5, 0.6) is 0 Å². The van der Waals surface area contributed by atoms with Gasteiger partial charge < -0.3 is 0 Å². The predicted molar refractivity (Wildman–Crippen MR) is 61.3 cm³/mol. The highest BCUT2D eigenvalue weighted by molar-refractivity contribution is 9.10. The van der Waals surface area contributed by atoms with Crippen LogP contribution in [0.3, 0.4) is 0 Å². The number of benzene rings is 1. The third-order valence-corrected chi connectivity index (χ3v) is 2.56. The maximum Gasteiger partial charge on any atom is 0.182 e. The number of tetrazole rings is 1. The number of halogens is 1. The second-order valence-corrected chi connectivity index (χ2v) is 4.47. The Morgan fingerprint density at radius 2 is 2.13 bits per heavy atom. The molecule has 1 aromatic heterocycles. The predicted octanol–water partition coefficient (Wildman–Crippen LogP) is 2.68. The molecule has 0 N–H and O–H groups in total. The molecule has 0 unspecified atom stereocenters. The molecule has 5 heteroatoms. The van der Waals surface area contributed by atoms with Gasteiger partial charge in [0.2, 0.25) is 0 Å². The summed E-state index contributed by atoms with van der Waals surface area (Å²) in [4.78, 5) is 0. The molecule has 0 aliphatic rings. The quantitative estimate of drug-likeness (QED) is 0.840. The molecule has 4 nitrogen and oxygen atoms in total. The lowest BCUT2D eigenvalue weighted by molar-refractivity contribution is 0.519. The van der Waals surface area contributed by atoms with Crippen LogP contribution in [-0.4, -0.2) is 20.2 Å². The van der Waals surface area contributed by atoms with Crippen LogP contribution in [0.2, 0.25) is 0 Å². The summed E-state index contributed by atoms with van der Waals surface area (Å²) in [6, 6.07) is 8.21. The molecule has 0 aliphatic heterocycles. The number of rotatable bonds is 2. The van der Waals surface area contributed by atoms with E-state index in [1.54, 1.807) is 0 Å². The van der Waals surface area contributed by atoms with Crippen molar-refractivity contribution >= 4 is 15.9 Å². The van der Waals surface area contributed by atoms with Crippen molar-refractivity contribution in [2.75, 3.05) is 0 Å². The highest BCUT2D eigenvalue weighted by Crippen LogP contribution is 2.22. The van der Waals surface area contributed by atoms with Gasteiger partial charge in [-0.15, -0.1) is 5.10 Å². The Morgan fingerprint density at radius 1 is 1.33 bits per heavy atom. The standard InChI is InChI=1S/C10H11BrN4/c1-7(2)15-10(12-13-14-15)8-4-3-5-9(11)6-8/h3-7H,1-2H3. The zero-order chi connectivity index (χ0) is 10.8. The lowest BCUT2D eigenvalue weighted by atomic mass is 10.2. The molecule has 0 bridgehead atoms. The summed E-state index contributed by atoms with van der Waals surface area (Å²) in [5, 5.41) is 11.7. The van der Waals surface area contributed by atoms with Crippen molar-refractivity contribution in [3.63, 3.8) is 0 Å². The van der Waals surface area contributed by atoms with Gasteiger partial charge in [-0.05, 0) is 36.4 Å². The fraction of sp³-hybridized carbons (Fsp3) is 0.300. The molecule has 2 aromatic rings. The van der Waals surface area contributed by atoms with Gasteiger partial charge in [-0.3, -0.25) is 0 Å². The van der Waals surface area contributed by atoms with Crippen molar-refractivity contribution in [2.24, 2.45) is 0 Å². The average molecular weight is 267 g/mol. The van der Waals surface area contributed by atoms with E-state index < -0.39 is 0 Å². The van der Waals surface area contributed by atoms with Crippen molar-refractivity contribution < 1.29 is 0 Å². The van der Waals surface area contributed by atoms with E-state index in [9.17, 15) is 0 Å². The molecule has 0 saturated carbocycles. The molecule has 1 heterocycles. The summed E-state index contributed by atoms with van der Waals surface area (Å²) >= 11 is 3.43. The van der Waals surface area contributed by atoms with Crippen LogP contribution >= 0.6 is 15.9 Å². The van der Waals surface area contributed by atoms with Gasteiger partial charge in [0, 0.05) is 10.0 Å². The highest BCUT2D eigenvalue weighted by Gasteiger charge is 2.10. The Balaban J connectivity index is 2.49. The maximum absolute atomic E-state index is 4.03. The average Bonchev–Trinajstić information content (AvgIpc) is 2.65. The fourth-order valence-corrected chi connectivity index (χ4v) is 1.76. The summed E-state index contributed by atoms with van der Waals surface area (Å²) in [6.07, 6.45) is 0. The molecular formula is C10H11BrN4. The van der Waals surface area contributed by atoms with E-state index in [4.69, 9.17) is 0 Å². The molecule has 0 fully saturated rings. The van der Waals surface area contributed by atoms with E-state index in [1.165, 1.54) is 0 Å². The van der Waals surface area contributed by atoms with Gasteiger partial charge in [-0.25, -0.2) is 4.68 Å². The highest BCUT2D eigenvalue weighted by atomic mass is 79.9. The van der Waals surface area contributed by atoms with Crippen molar-refractivity contribution in [3.8, 4) is 11.4 Å². The summed E-state index contributed by atoms with van der Waals surface area (Å²) in [7, 11) is 0. The van der Waals surface area contributed by atoms with Crippen molar-refractivity contribution in [1.29, 1.82) is 0 Å². The van der Waals surface area contributed by atoms with Crippen molar-refractivity contribution in [3.05, 3.63) is 28.7 Å². The molecule has 2 rings (SSSR count). The molecule has 0 spiro atoms. The Kier molecular flexibility index (Phi) is 2.81. The Labute approximate surface area is 96.4 Å². The van der Waals surface area contributed by atoms with Crippen molar-refractivity contribution in [2.45, 2.75) is 19.9 Å². The van der Waals surface area contributed by atoms with Gasteiger partial charge in [0.05, 0.1) is 6.04 Å². The summed E-state index contributed by atoms with van der Waals surface area (Å²) in [6.45, 7) is 4.11. The zero-order valence-corrected chi connectivity index (χ0v) is 10.1. The van der Waals surface area contributed by atoms with Crippen LogP contribution in [0.1, 0.15) is 19.9 Å². The number of nitrogens with zero attached hydrogens (tertiary/aromatic N) is 4. The van der Waals surface area contributed by atoms with Gasteiger partial charge in [0.15, 0.2) is 5.82 Å². The smallest absolute Gasteiger partial charge is 0.182 e. The summed E-state index contributed by atoms with van der Waals surface area (Å²) in [5.74, 6) is 0.798. The second-order valence-electron chi connectivity index (χ2n) is 3.55. The van der Waals surface area contributed by atoms with E-state index in [-0.39, 0.29) is 6.04 Å². The summed E-state index contributed by atoms with van der Waals surface area (Å²) in [5.41, 5.74) is 1.02. The van der Waals surface area contributed by atoms with Crippen LogP contribution in [0.15, 0.2) is 28.7 Å². The van der Waals surface area contributed by atoms with E-state index in [1.807, 2.05) is 28.9 Å². The van der Waals surface area contributed by atoms with E-state index in [0.29, 0.717) is 0 Å². The van der Waals surface area contributed by atoms with Gasteiger partial charge in [-0.1, -0.05) is 28.1 Å². The fourth-order valence-electron chi connectivity index (χ4n) is 1.36. The van der Waals surface area contributed by atoms with Crippen LogP contribution in [0.4, 0.5) is 0 Å². The lowest BCUT2D eigenvalue weighted by Gasteiger charge is -2.07. The molecule has 1 aromatic carbocycles. The second kappa shape index (κ2) is 4.10. The summed E-state index contributed by atoms with van der Waals surface area (Å²) < 4.78 is 2.83. The topological polar surface area (TPSA) is 43.6 Å². The Hall–Kier alpha value is -1.23. The van der Waals surface area contributed by atoms with Crippen LogP contribution in [0.25, 0.3) is 11.4 Å². The minimum Gasteiger partial charge on any atom is -0.223 e. The van der Waals surface area contributed by atoms with Gasteiger partial charge in [-0.2, -0.15) is 0 Å². The van der Waals surface area contributed by atoms with Crippen LogP contribution in [0, 0.1) is 0 Å². The molecule has 0 radical (unpaired) electrons. The third-order valence-electron chi connectivity index (χ3n) is 2.06. The molecule has 0 amide bonds. The minimum absolute atomic E-state index is 0.258. The first-order valence-corrected chi connectivity index (χ1v) is 5.51. The molecule has 0 aliphatic carbocycles. The number of hydrogen-bond acceptors (Lipinski definition) is 3. The van der Waals surface area contributed by atoms with E-state index >= 15 is 0 Å². The van der Waals surface area contributed by atoms with Gasteiger partial charge in [0.25, 0.3) is 0 Å². The molecule has 0 atom stereocenters. The monoisotopic (exact) mass is 266 g/mol. The molecular weight excluding hydrogens is 256 g/mol. The maximum atomic E-state index is 4.03. The number of hydrogen-bond donors (Lipinski definition) is 0. The molecule has 15 heavy (non-hydrogen) atoms. The van der Waals surface area contributed by atoms with E-state index in [2.05, 4.69) is 45.3 Å². The lowest BCUT2D eigenvalue weighted by Crippen LogP contribution is -2.05. The first-order chi connectivity index (χ1) is 7.18. The first kappa shape index (κ1) is 10.3. The van der Waals surface area contributed by atoms with Crippen LogP contribution < -0.4 is 0 Å². The molecule has 0 saturated heterocycles. The SMILES string of the molecule is CC(C)n1nnnc1-c1cccc(Br)c1. The Bertz CT molecular complexity index is 464. The zero-order valence-electron chi connectivity index (χ0n) is 8.55. The first-order valence-electron chi connectivity index (χ1n) is 4.72. The Morgan fingerprint density at radius 3 is 2.80 bits per heavy atom. The van der Waals surface area contributed by atoms with Gasteiger partial charge in [0.1, 0.15) is 0 Å². The number of aromatic nitrogens is 4.